The molecule has 3 rings (SSSR count). The van der Waals surface area contributed by atoms with Gasteiger partial charge in [-0.25, -0.2) is 4.39 Å². The van der Waals surface area contributed by atoms with Crippen LogP contribution in [-0.4, -0.2) is 24.9 Å². The van der Waals surface area contributed by atoms with Gasteiger partial charge in [-0.1, -0.05) is 18.2 Å². The van der Waals surface area contributed by atoms with Crippen molar-refractivity contribution in [3.63, 3.8) is 0 Å². The van der Waals surface area contributed by atoms with E-state index in [1.807, 2.05) is 24.3 Å². The van der Waals surface area contributed by atoms with Crippen LogP contribution >= 0.6 is 0 Å². The van der Waals surface area contributed by atoms with Gasteiger partial charge in [0.2, 0.25) is 0 Å². The van der Waals surface area contributed by atoms with E-state index in [2.05, 4.69) is 0 Å². The lowest BCUT2D eigenvalue weighted by Gasteiger charge is -2.21. The number of hydrogen-bond acceptors (Lipinski definition) is 3. The average Bonchev–Trinajstić information content (AvgIpc) is 2.69. The zero-order valence-corrected chi connectivity index (χ0v) is 12.5. The van der Waals surface area contributed by atoms with Gasteiger partial charge in [0.1, 0.15) is 17.3 Å². The highest BCUT2D eigenvalue weighted by Gasteiger charge is 2.26. The maximum absolute atomic E-state index is 13.6. The quantitative estimate of drug-likeness (QED) is 0.937. The van der Waals surface area contributed by atoms with Crippen LogP contribution in [0, 0.1) is 5.82 Å². The van der Waals surface area contributed by atoms with Crippen molar-refractivity contribution in [2.24, 2.45) is 0 Å². The molecule has 3 nitrogen and oxygen atoms in total. The molecular formula is C18H19FO3. The molecule has 1 N–H and O–H groups in total. The fourth-order valence-corrected chi connectivity index (χ4v) is 2.98. The Bertz CT molecular complexity index is 653. The van der Waals surface area contributed by atoms with Crippen molar-refractivity contribution in [2.75, 3.05) is 13.7 Å². The summed E-state index contributed by atoms with van der Waals surface area (Å²) < 4.78 is 24.8. The van der Waals surface area contributed by atoms with Crippen LogP contribution in [0.5, 0.6) is 11.5 Å². The number of halogens is 1. The molecule has 0 spiro atoms. The Kier molecular flexibility index (Phi) is 4.41. The maximum Gasteiger partial charge on any atom is 0.130 e. The number of ether oxygens (including phenoxy) is 2. The summed E-state index contributed by atoms with van der Waals surface area (Å²) in [5.74, 6) is 1.31. The molecule has 2 unspecified atom stereocenters. The van der Waals surface area contributed by atoms with Gasteiger partial charge in [-0.15, -0.1) is 0 Å². The van der Waals surface area contributed by atoms with Gasteiger partial charge in [-0.2, -0.15) is 0 Å². The number of benzene rings is 2. The molecule has 1 heterocycles. The Hall–Kier alpha value is -1.91. The lowest BCUT2D eigenvalue weighted by Crippen LogP contribution is -2.20. The van der Waals surface area contributed by atoms with Gasteiger partial charge < -0.3 is 14.6 Å². The lowest BCUT2D eigenvalue weighted by molar-refractivity contribution is 0.0382. The molecule has 0 saturated heterocycles. The summed E-state index contributed by atoms with van der Waals surface area (Å²) in [5, 5.41) is 9.40. The van der Waals surface area contributed by atoms with Crippen LogP contribution in [0.2, 0.25) is 0 Å². The van der Waals surface area contributed by atoms with Gasteiger partial charge in [-0.3, -0.25) is 0 Å². The van der Waals surface area contributed by atoms with Crippen molar-refractivity contribution in [1.29, 1.82) is 0 Å². The SMILES string of the molecule is COC(CO)CC1Cc2cc(F)ccc2Oc2ccccc21. The lowest BCUT2D eigenvalue weighted by atomic mass is 9.87. The molecule has 116 valence electrons. The Morgan fingerprint density at radius 2 is 2.09 bits per heavy atom. The number of fused-ring (bicyclic) bond motifs is 2. The van der Waals surface area contributed by atoms with Crippen LogP contribution in [0.25, 0.3) is 0 Å². The minimum atomic E-state index is -0.266. The Labute approximate surface area is 129 Å². The zero-order chi connectivity index (χ0) is 15.5. The summed E-state index contributed by atoms with van der Waals surface area (Å²) in [6, 6.07) is 12.4. The van der Waals surface area contributed by atoms with E-state index < -0.39 is 0 Å². The van der Waals surface area contributed by atoms with Gasteiger partial charge in [-0.05, 0) is 54.2 Å². The highest BCUT2D eigenvalue weighted by atomic mass is 19.1. The highest BCUT2D eigenvalue weighted by molar-refractivity contribution is 5.47. The topological polar surface area (TPSA) is 38.7 Å². The molecule has 22 heavy (non-hydrogen) atoms. The van der Waals surface area contributed by atoms with Gasteiger partial charge in [0.15, 0.2) is 0 Å². The first-order valence-electron chi connectivity index (χ1n) is 7.40. The number of aliphatic hydroxyl groups excluding tert-OH is 1. The van der Waals surface area contributed by atoms with E-state index in [1.54, 1.807) is 13.2 Å². The Morgan fingerprint density at radius 3 is 2.86 bits per heavy atom. The monoisotopic (exact) mass is 302 g/mol. The van der Waals surface area contributed by atoms with Crippen molar-refractivity contribution >= 4 is 0 Å². The molecule has 2 atom stereocenters. The average molecular weight is 302 g/mol. The van der Waals surface area contributed by atoms with E-state index in [0.717, 1.165) is 16.9 Å². The second kappa shape index (κ2) is 6.46. The third kappa shape index (κ3) is 2.98. The largest absolute Gasteiger partial charge is 0.457 e. The van der Waals surface area contributed by atoms with Gasteiger partial charge in [0.25, 0.3) is 0 Å². The molecule has 1 aliphatic rings. The second-order valence-corrected chi connectivity index (χ2v) is 5.57. The van der Waals surface area contributed by atoms with Crippen LogP contribution in [0.4, 0.5) is 4.39 Å². The number of para-hydroxylation sites is 1. The van der Waals surface area contributed by atoms with E-state index in [0.29, 0.717) is 18.6 Å². The van der Waals surface area contributed by atoms with Crippen LogP contribution in [0.3, 0.4) is 0 Å². The molecule has 0 bridgehead atoms. The van der Waals surface area contributed by atoms with E-state index in [4.69, 9.17) is 9.47 Å². The van der Waals surface area contributed by atoms with Gasteiger partial charge in [0.05, 0.1) is 12.7 Å². The summed E-state index contributed by atoms with van der Waals surface area (Å²) in [6.07, 6.45) is 1.07. The second-order valence-electron chi connectivity index (χ2n) is 5.57. The first-order chi connectivity index (χ1) is 10.7. The smallest absolute Gasteiger partial charge is 0.130 e. The first-order valence-corrected chi connectivity index (χ1v) is 7.40. The minimum absolute atomic E-state index is 0.0357. The van der Waals surface area contributed by atoms with Gasteiger partial charge >= 0.3 is 0 Å². The fraction of sp³-hybridized carbons (Fsp3) is 0.333. The minimum Gasteiger partial charge on any atom is -0.457 e. The van der Waals surface area contributed by atoms with E-state index >= 15 is 0 Å². The third-order valence-corrected chi connectivity index (χ3v) is 4.15. The predicted octanol–water partition coefficient (Wildman–Crippen LogP) is 3.66. The van der Waals surface area contributed by atoms with Crippen molar-refractivity contribution in [3.05, 3.63) is 59.4 Å². The van der Waals surface area contributed by atoms with E-state index in [-0.39, 0.29) is 24.4 Å². The summed E-state index contributed by atoms with van der Waals surface area (Å²) in [6.45, 7) is -0.0357. The molecule has 0 aromatic heterocycles. The summed E-state index contributed by atoms with van der Waals surface area (Å²) in [7, 11) is 1.59. The molecule has 2 aromatic carbocycles. The number of aliphatic hydroxyl groups is 1. The van der Waals surface area contributed by atoms with Crippen LogP contribution in [0.1, 0.15) is 23.5 Å². The van der Waals surface area contributed by atoms with Crippen molar-refractivity contribution in [3.8, 4) is 11.5 Å². The van der Waals surface area contributed by atoms with Crippen LogP contribution < -0.4 is 4.74 Å². The third-order valence-electron chi connectivity index (χ3n) is 4.15. The van der Waals surface area contributed by atoms with Crippen molar-refractivity contribution < 1.29 is 19.0 Å². The highest BCUT2D eigenvalue weighted by Crippen LogP contribution is 2.41. The number of hydrogen-bond donors (Lipinski definition) is 1. The zero-order valence-electron chi connectivity index (χ0n) is 12.5. The molecule has 0 amide bonds. The number of rotatable bonds is 4. The van der Waals surface area contributed by atoms with Crippen molar-refractivity contribution in [1.82, 2.24) is 0 Å². The van der Waals surface area contributed by atoms with E-state index in [9.17, 15) is 9.50 Å². The molecule has 0 aliphatic carbocycles. The summed E-state index contributed by atoms with van der Waals surface area (Å²) >= 11 is 0. The standard InChI is InChI=1S/C18H19FO3/c1-21-15(11-20)10-12-8-13-9-14(19)6-7-17(13)22-18-5-3-2-4-16(12)18/h2-7,9,12,15,20H,8,10-11H2,1H3. The van der Waals surface area contributed by atoms with E-state index in [1.165, 1.54) is 12.1 Å². The molecule has 4 heteroatoms. The van der Waals surface area contributed by atoms with Crippen LogP contribution in [-0.2, 0) is 11.2 Å². The van der Waals surface area contributed by atoms with Crippen LogP contribution in [0.15, 0.2) is 42.5 Å². The molecule has 2 aromatic rings. The Morgan fingerprint density at radius 1 is 1.27 bits per heavy atom. The maximum atomic E-state index is 13.6. The Balaban J connectivity index is 2.00. The predicted molar refractivity (Wildman–Crippen MR) is 81.9 cm³/mol. The van der Waals surface area contributed by atoms with Gasteiger partial charge in [0, 0.05) is 7.11 Å². The molecular weight excluding hydrogens is 283 g/mol. The normalized spacial score (nSPS) is 17.9. The molecule has 0 fully saturated rings. The number of methoxy groups -OCH3 is 1. The summed E-state index contributed by atoms with van der Waals surface area (Å²) in [4.78, 5) is 0. The fourth-order valence-electron chi connectivity index (χ4n) is 2.98. The molecule has 0 saturated carbocycles. The first kappa shape index (κ1) is 15.0. The molecule has 0 radical (unpaired) electrons. The molecule has 1 aliphatic heterocycles. The summed E-state index contributed by atoms with van der Waals surface area (Å²) in [5.41, 5.74) is 1.91. The van der Waals surface area contributed by atoms with Crippen molar-refractivity contribution in [2.45, 2.75) is 24.9 Å².